The lowest BCUT2D eigenvalue weighted by Crippen LogP contribution is -2.50. The number of hydrogen-bond acceptors (Lipinski definition) is 6. The number of sulfone groups is 1. The SMILES string of the molecule is CC(C)(C)Oc1ccc2c(c1)[C@@H](NC[C@@H](O)[C@H](Cc1cc(F)cc(F)c1)NC(=O)Cc1ccccc1)CS(=O)(=O)C2. The van der Waals surface area contributed by atoms with Crippen molar-refractivity contribution < 1.29 is 31.8 Å². The zero-order valence-corrected chi connectivity index (χ0v) is 24.2. The summed E-state index contributed by atoms with van der Waals surface area (Å²) >= 11 is 0. The van der Waals surface area contributed by atoms with Gasteiger partial charge in [0.1, 0.15) is 23.0 Å². The van der Waals surface area contributed by atoms with E-state index in [0.29, 0.717) is 11.3 Å². The number of benzene rings is 3. The van der Waals surface area contributed by atoms with Gasteiger partial charge in [0.2, 0.25) is 5.91 Å². The van der Waals surface area contributed by atoms with Gasteiger partial charge in [-0.2, -0.15) is 0 Å². The van der Waals surface area contributed by atoms with E-state index in [9.17, 15) is 27.1 Å². The lowest BCUT2D eigenvalue weighted by atomic mass is 9.98. The van der Waals surface area contributed by atoms with Crippen LogP contribution in [0.3, 0.4) is 0 Å². The van der Waals surface area contributed by atoms with Crippen molar-refractivity contribution in [3.05, 3.63) is 101 Å². The molecule has 3 N–H and O–H groups in total. The minimum atomic E-state index is -3.41. The van der Waals surface area contributed by atoms with Crippen molar-refractivity contribution >= 4 is 15.7 Å². The molecule has 0 aromatic heterocycles. The number of aliphatic hydroxyl groups is 1. The molecule has 3 atom stereocenters. The molecule has 0 spiro atoms. The maximum atomic E-state index is 13.9. The van der Waals surface area contributed by atoms with Gasteiger partial charge in [0, 0.05) is 18.7 Å². The molecule has 4 rings (SSSR count). The quantitative estimate of drug-likeness (QED) is 0.332. The lowest BCUT2D eigenvalue weighted by Gasteiger charge is -2.31. The second-order valence-corrected chi connectivity index (χ2v) is 13.6. The van der Waals surface area contributed by atoms with Crippen LogP contribution in [0, 0.1) is 11.6 Å². The van der Waals surface area contributed by atoms with E-state index >= 15 is 0 Å². The van der Waals surface area contributed by atoms with Crippen LogP contribution in [0.4, 0.5) is 8.78 Å². The number of halogens is 2. The summed E-state index contributed by atoms with van der Waals surface area (Å²) in [4.78, 5) is 12.9. The fraction of sp³-hybridized carbons (Fsp3) is 0.387. The minimum absolute atomic E-state index is 0.0405. The highest BCUT2D eigenvalue weighted by molar-refractivity contribution is 7.90. The van der Waals surface area contributed by atoms with Crippen LogP contribution in [-0.4, -0.2) is 49.5 Å². The van der Waals surface area contributed by atoms with Crippen LogP contribution >= 0.6 is 0 Å². The van der Waals surface area contributed by atoms with Gasteiger partial charge in [-0.3, -0.25) is 4.79 Å². The molecule has 0 saturated carbocycles. The van der Waals surface area contributed by atoms with Gasteiger partial charge in [-0.25, -0.2) is 17.2 Å². The van der Waals surface area contributed by atoms with Gasteiger partial charge < -0.3 is 20.5 Å². The Hall–Kier alpha value is -3.34. The lowest BCUT2D eigenvalue weighted by molar-refractivity contribution is -0.122. The van der Waals surface area contributed by atoms with Crippen molar-refractivity contribution in [1.82, 2.24) is 10.6 Å². The van der Waals surface area contributed by atoms with Gasteiger partial charge in [0.05, 0.1) is 30.1 Å². The summed E-state index contributed by atoms with van der Waals surface area (Å²) in [6, 6.07) is 15.9. The van der Waals surface area contributed by atoms with Crippen molar-refractivity contribution in [2.45, 2.75) is 63.2 Å². The Bertz CT molecular complexity index is 1460. The Labute approximate surface area is 239 Å². The number of nitrogens with one attached hydrogen (secondary N) is 2. The van der Waals surface area contributed by atoms with E-state index in [1.807, 2.05) is 45.0 Å². The molecule has 3 aromatic rings. The second kappa shape index (κ2) is 12.7. The van der Waals surface area contributed by atoms with E-state index in [0.717, 1.165) is 29.3 Å². The van der Waals surface area contributed by atoms with Crippen LogP contribution in [0.5, 0.6) is 5.75 Å². The molecule has 0 fully saturated rings. The highest BCUT2D eigenvalue weighted by Gasteiger charge is 2.32. The highest BCUT2D eigenvalue weighted by atomic mass is 32.2. The third-order valence-electron chi connectivity index (χ3n) is 6.68. The number of ether oxygens (including phenoxy) is 1. The molecule has 3 aromatic carbocycles. The van der Waals surface area contributed by atoms with Crippen LogP contribution in [0.15, 0.2) is 66.7 Å². The molecule has 7 nitrogen and oxygen atoms in total. The molecule has 0 aliphatic carbocycles. The molecule has 220 valence electrons. The van der Waals surface area contributed by atoms with Crippen molar-refractivity contribution in [2.24, 2.45) is 0 Å². The van der Waals surface area contributed by atoms with E-state index in [4.69, 9.17) is 4.74 Å². The smallest absolute Gasteiger partial charge is 0.224 e. The minimum Gasteiger partial charge on any atom is -0.488 e. The summed E-state index contributed by atoms with van der Waals surface area (Å²) in [6.07, 6.45) is -1.19. The van der Waals surface area contributed by atoms with Gasteiger partial charge in [-0.1, -0.05) is 36.4 Å². The van der Waals surface area contributed by atoms with Crippen LogP contribution in [0.25, 0.3) is 0 Å². The van der Waals surface area contributed by atoms with Crippen LogP contribution in [0.2, 0.25) is 0 Å². The summed E-state index contributed by atoms with van der Waals surface area (Å²) in [5.41, 5.74) is 1.99. The summed E-state index contributed by atoms with van der Waals surface area (Å²) in [7, 11) is -3.41. The molecule has 0 saturated heterocycles. The summed E-state index contributed by atoms with van der Waals surface area (Å²) in [6.45, 7) is 5.66. The Morgan fingerprint density at radius 3 is 2.37 bits per heavy atom. The number of carbonyl (C=O) groups excluding carboxylic acids is 1. The number of amides is 1. The topological polar surface area (TPSA) is 105 Å². The van der Waals surface area contributed by atoms with Crippen LogP contribution in [0.1, 0.15) is 49.1 Å². The monoisotopic (exact) mass is 586 g/mol. The molecule has 0 unspecified atom stereocenters. The largest absolute Gasteiger partial charge is 0.488 e. The number of aliphatic hydroxyl groups excluding tert-OH is 1. The van der Waals surface area contributed by atoms with Crippen molar-refractivity contribution in [1.29, 1.82) is 0 Å². The number of rotatable bonds is 10. The van der Waals surface area contributed by atoms with Gasteiger partial charge >= 0.3 is 0 Å². The Morgan fingerprint density at radius 1 is 1.02 bits per heavy atom. The molecule has 1 aliphatic heterocycles. The Kier molecular flexibility index (Phi) is 9.46. The third kappa shape index (κ3) is 9.08. The van der Waals surface area contributed by atoms with E-state index in [1.165, 1.54) is 0 Å². The third-order valence-corrected chi connectivity index (χ3v) is 8.27. The van der Waals surface area contributed by atoms with Gasteiger partial charge in [-0.15, -0.1) is 0 Å². The van der Waals surface area contributed by atoms with Crippen molar-refractivity contribution in [2.75, 3.05) is 12.3 Å². The number of carbonyl (C=O) groups is 1. The van der Waals surface area contributed by atoms with Crippen molar-refractivity contribution in [3.8, 4) is 5.75 Å². The molecule has 0 radical (unpaired) electrons. The summed E-state index contributed by atoms with van der Waals surface area (Å²) < 4.78 is 59.1. The number of hydrogen-bond donors (Lipinski definition) is 3. The van der Waals surface area contributed by atoms with E-state index < -0.39 is 45.3 Å². The maximum Gasteiger partial charge on any atom is 0.224 e. The van der Waals surface area contributed by atoms with Gasteiger partial charge in [0.15, 0.2) is 9.84 Å². The normalized spacial score (nSPS) is 17.8. The first-order chi connectivity index (χ1) is 19.3. The molecular formula is C31H36F2N2O5S. The summed E-state index contributed by atoms with van der Waals surface area (Å²) in [5.74, 6) is -1.57. The molecule has 1 aliphatic rings. The molecule has 1 heterocycles. The average Bonchev–Trinajstić information content (AvgIpc) is 2.85. The first kappa shape index (κ1) is 30.6. The molecular weight excluding hydrogens is 550 g/mol. The molecule has 41 heavy (non-hydrogen) atoms. The Balaban J connectivity index is 1.53. The molecule has 0 bridgehead atoms. The molecule has 10 heteroatoms. The average molecular weight is 587 g/mol. The first-order valence-corrected chi connectivity index (χ1v) is 15.3. The van der Waals surface area contributed by atoms with E-state index in [-0.39, 0.29) is 42.4 Å². The van der Waals surface area contributed by atoms with Crippen LogP contribution in [-0.2, 0) is 33.2 Å². The van der Waals surface area contributed by atoms with Gasteiger partial charge in [-0.05, 0) is 73.7 Å². The highest BCUT2D eigenvalue weighted by Crippen LogP contribution is 2.32. The first-order valence-electron chi connectivity index (χ1n) is 13.5. The maximum absolute atomic E-state index is 13.9. The fourth-order valence-corrected chi connectivity index (χ4v) is 6.62. The second-order valence-electron chi connectivity index (χ2n) is 11.5. The summed E-state index contributed by atoms with van der Waals surface area (Å²) in [5, 5.41) is 17.2. The molecule has 1 amide bonds. The zero-order chi connectivity index (χ0) is 29.8. The van der Waals surface area contributed by atoms with Gasteiger partial charge in [0.25, 0.3) is 0 Å². The van der Waals surface area contributed by atoms with E-state index in [2.05, 4.69) is 10.6 Å². The van der Waals surface area contributed by atoms with Crippen LogP contribution < -0.4 is 15.4 Å². The number of fused-ring (bicyclic) bond motifs is 1. The predicted molar refractivity (Wildman–Crippen MR) is 153 cm³/mol. The standard InChI is InChI=1S/C31H36F2N2O5S/c1-31(2,3)40-25-10-9-22-18-41(38,39)19-28(26(22)16-25)34-17-29(36)27(13-21-11-23(32)15-24(33)12-21)35-30(37)14-20-7-5-4-6-8-20/h4-12,15-16,27-29,34,36H,13-14,17-19H2,1-3H3,(H,35,37)/t27-,28-,29+/m0/s1. The predicted octanol–water partition coefficient (Wildman–Crippen LogP) is 4.03. The zero-order valence-electron chi connectivity index (χ0n) is 23.4. The van der Waals surface area contributed by atoms with E-state index in [1.54, 1.807) is 24.3 Å². The fourth-order valence-electron chi connectivity index (χ4n) is 4.96. The Morgan fingerprint density at radius 2 is 1.71 bits per heavy atom. The van der Waals surface area contributed by atoms with Crippen molar-refractivity contribution in [3.63, 3.8) is 0 Å².